The van der Waals surface area contributed by atoms with Crippen molar-refractivity contribution in [2.24, 2.45) is 0 Å². The zero-order valence-corrected chi connectivity index (χ0v) is 27.8. The molecule has 2 heterocycles. The van der Waals surface area contributed by atoms with E-state index in [2.05, 4.69) is 198 Å². The summed E-state index contributed by atoms with van der Waals surface area (Å²) in [6, 6.07) is 66.8. The second-order valence-corrected chi connectivity index (χ2v) is 13.0. The van der Waals surface area contributed by atoms with E-state index < -0.39 is 0 Å². The molecular weight excluding hydrogens is 621 g/mol. The molecule has 0 amide bonds. The van der Waals surface area contributed by atoms with Gasteiger partial charge in [0.2, 0.25) is 0 Å². The van der Waals surface area contributed by atoms with Crippen molar-refractivity contribution in [3.8, 4) is 33.4 Å². The van der Waals surface area contributed by atoms with E-state index in [4.69, 9.17) is 4.42 Å². The first-order valence-corrected chi connectivity index (χ1v) is 17.3. The van der Waals surface area contributed by atoms with E-state index in [1.54, 1.807) is 0 Å². The summed E-state index contributed by atoms with van der Waals surface area (Å²) in [5.41, 5.74) is 14.3. The first kappa shape index (κ1) is 29.1. The van der Waals surface area contributed by atoms with E-state index in [0.29, 0.717) is 0 Å². The predicted molar refractivity (Wildman–Crippen MR) is 214 cm³/mol. The maximum absolute atomic E-state index is 6.53. The number of furan rings is 1. The first-order chi connectivity index (χ1) is 25.3. The van der Waals surface area contributed by atoms with Crippen molar-refractivity contribution in [2.75, 3.05) is 4.90 Å². The third-order valence-electron chi connectivity index (χ3n) is 10.0. The molecule has 10 aromatic rings. The molecule has 0 spiro atoms. The lowest BCUT2D eigenvalue weighted by atomic mass is 9.97. The molecule has 0 atom stereocenters. The number of nitrogens with one attached hydrogen (secondary N) is 1. The number of aromatic amines is 1. The molecule has 0 aliphatic heterocycles. The second-order valence-electron chi connectivity index (χ2n) is 13.0. The van der Waals surface area contributed by atoms with Crippen LogP contribution in [-0.4, -0.2) is 4.98 Å². The Bertz CT molecular complexity index is 2750. The van der Waals surface area contributed by atoms with E-state index in [9.17, 15) is 0 Å². The molecule has 1 N–H and O–H groups in total. The normalized spacial score (nSPS) is 11.5. The van der Waals surface area contributed by atoms with Crippen molar-refractivity contribution in [1.82, 2.24) is 4.98 Å². The summed E-state index contributed by atoms with van der Waals surface area (Å²) in [6.45, 7) is 0. The van der Waals surface area contributed by atoms with Gasteiger partial charge < -0.3 is 14.3 Å². The number of fused-ring (bicyclic) bond motifs is 6. The molecule has 0 bridgehead atoms. The Morgan fingerprint density at radius 2 is 0.922 bits per heavy atom. The Labute approximate surface area is 295 Å². The van der Waals surface area contributed by atoms with E-state index in [1.165, 1.54) is 33.0 Å². The highest BCUT2D eigenvalue weighted by molar-refractivity contribution is 6.18. The summed E-state index contributed by atoms with van der Waals surface area (Å²) in [5.74, 6) is 0. The standard InChI is InChI=1S/C48H32N2O/c1-3-11-32(12-4-1)34-21-25-36(26-22-34)50(37-27-23-35(24-28-37)33-13-5-2-6-14-33)38-29-30-45-43(31-38)47-40(16-10-20-46(47)51-45)42-18-9-17-41-39-15-7-8-19-44(39)49-48(41)42/h1-31,49H. The zero-order chi connectivity index (χ0) is 33.7. The number of para-hydroxylation sites is 2. The Morgan fingerprint density at radius 3 is 1.61 bits per heavy atom. The molecule has 0 unspecified atom stereocenters. The lowest BCUT2D eigenvalue weighted by molar-refractivity contribution is 0.669. The van der Waals surface area contributed by atoms with Crippen LogP contribution in [0.5, 0.6) is 0 Å². The van der Waals surface area contributed by atoms with Crippen molar-refractivity contribution < 1.29 is 4.42 Å². The average molecular weight is 653 g/mol. The van der Waals surface area contributed by atoms with Gasteiger partial charge in [0.1, 0.15) is 11.2 Å². The van der Waals surface area contributed by atoms with Gasteiger partial charge >= 0.3 is 0 Å². The van der Waals surface area contributed by atoms with Crippen LogP contribution < -0.4 is 4.90 Å². The Kier molecular flexibility index (Phi) is 6.81. The molecule has 0 saturated carbocycles. The molecular formula is C48H32N2O. The summed E-state index contributed by atoms with van der Waals surface area (Å²) in [5, 5.41) is 4.64. The highest BCUT2D eigenvalue weighted by Gasteiger charge is 2.19. The van der Waals surface area contributed by atoms with E-state index in [0.717, 1.165) is 61.2 Å². The molecule has 10 rings (SSSR count). The number of rotatable bonds is 6. The summed E-state index contributed by atoms with van der Waals surface area (Å²) >= 11 is 0. The van der Waals surface area contributed by atoms with Crippen LogP contribution in [0.3, 0.4) is 0 Å². The van der Waals surface area contributed by atoms with Gasteiger partial charge in [-0.15, -0.1) is 0 Å². The van der Waals surface area contributed by atoms with Crippen LogP contribution in [0, 0.1) is 0 Å². The number of hydrogen-bond donors (Lipinski definition) is 1. The van der Waals surface area contributed by atoms with Gasteiger partial charge in [-0.05, 0) is 82.4 Å². The molecule has 51 heavy (non-hydrogen) atoms. The van der Waals surface area contributed by atoms with Crippen molar-refractivity contribution in [1.29, 1.82) is 0 Å². The molecule has 0 fully saturated rings. The maximum atomic E-state index is 6.53. The van der Waals surface area contributed by atoms with E-state index >= 15 is 0 Å². The summed E-state index contributed by atoms with van der Waals surface area (Å²) in [7, 11) is 0. The first-order valence-electron chi connectivity index (χ1n) is 17.3. The molecule has 3 heteroatoms. The predicted octanol–water partition coefficient (Wildman–Crippen LogP) is 13.7. The third-order valence-corrected chi connectivity index (χ3v) is 10.0. The van der Waals surface area contributed by atoms with Crippen molar-refractivity contribution >= 4 is 60.8 Å². The minimum absolute atomic E-state index is 0.865. The molecule has 2 aromatic heterocycles. The summed E-state index contributed by atoms with van der Waals surface area (Å²) < 4.78 is 6.53. The van der Waals surface area contributed by atoms with Gasteiger partial charge in [-0.2, -0.15) is 0 Å². The highest BCUT2D eigenvalue weighted by Crippen LogP contribution is 2.43. The summed E-state index contributed by atoms with van der Waals surface area (Å²) in [4.78, 5) is 6.05. The fraction of sp³-hybridized carbons (Fsp3) is 0. The number of nitrogens with zero attached hydrogens (tertiary/aromatic N) is 1. The molecule has 0 aliphatic carbocycles. The molecule has 0 radical (unpaired) electrons. The minimum atomic E-state index is 0.865. The fourth-order valence-electron chi connectivity index (χ4n) is 7.59. The summed E-state index contributed by atoms with van der Waals surface area (Å²) in [6.07, 6.45) is 0. The van der Waals surface area contributed by atoms with Gasteiger partial charge in [0.15, 0.2) is 0 Å². The average Bonchev–Trinajstić information content (AvgIpc) is 3.78. The molecule has 3 nitrogen and oxygen atoms in total. The lowest BCUT2D eigenvalue weighted by Crippen LogP contribution is -2.09. The zero-order valence-electron chi connectivity index (χ0n) is 27.8. The number of anilines is 3. The smallest absolute Gasteiger partial charge is 0.136 e. The van der Waals surface area contributed by atoms with E-state index in [-0.39, 0.29) is 0 Å². The largest absolute Gasteiger partial charge is 0.456 e. The molecule has 240 valence electrons. The van der Waals surface area contributed by atoms with Gasteiger partial charge in [0, 0.05) is 49.7 Å². The fourth-order valence-corrected chi connectivity index (χ4v) is 7.59. The van der Waals surface area contributed by atoms with Gasteiger partial charge in [-0.3, -0.25) is 0 Å². The van der Waals surface area contributed by atoms with Gasteiger partial charge in [0.05, 0.1) is 5.52 Å². The third kappa shape index (κ3) is 4.98. The van der Waals surface area contributed by atoms with Crippen molar-refractivity contribution in [2.45, 2.75) is 0 Å². The number of benzene rings is 8. The topological polar surface area (TPSA) is 32.2 Å². The van der Waals surface area contributed by atoms with Gasteiger partial charge in [-0.1, -0.05) is 133 Å². The van der Waals surface area contributed by atoms with Crippen LogP contribution in [0.2, 0.25) is 0 Å². The van der Waals surface area contributed by atoms with Crippen LogP contribution in [0.25, 0.3) is 77.1 Å². The monoisotopic (exact) mass is 652 g/mol. The number of H-pyrrole nitrogens is 1. The SMILES string of the molecule is c1ccc(-c2ccc(N(c3ccc(-c4ccccc4)cc3)c3ccc4oc5cccc(-c6cccc7c6[nH]c6ccccc67)c5c4c3)cc2)cc1. The van der Waals surface area contributed by atoms with Gasteiger partial charge in [0.25, 0.3) is 0 Å². The van der Waals surface area contributed by atoms with E-state index in [1.807, 2.05) is 0 Å². The number of aromatic nitrogens is 1. The highest BCUT2D eigenvalue weighted by atomic mass is 16.3. The molecule has 0 aliphatic rings. The van der Waals surface area contributed by atoms with Crippen LogP contribution in [0.15, 0.2) is 192 Å². The minimum Gasteiger partial charge on any atom is -0.456 e. The second kappa shape index (κ2) is 11.9. The Balaban J connectivity index is 1.15. The lowest BCUT2D eigenvalue weighted by Gasteiger charge is -2.26. The quantitative estimate of drug-likeness (QED) is 0.194. The van der Waals surface area contributed by atoms with Gasteiger partial charge in [-0.25, -0.2) is 0 Å². The molecule has 8 aromatic carbocycles. The Hall–Kier alpha value is -6.84. The van der Waals surface area contributed by atoms with Crippen molar-refractivity contribution in [3.05, 3.63) is 188 Å². The van der Waals surface area contributed by atoms with Crippen LogP contribution in [0.1, 0.15) is 0 Å². The van der Waals surface area contributed by atoms with Crippen molar-refractivity contribution in [3.63, 3.8) is 0 Å². The number of hydrogen-bond acceptors (Lipinski definition) is 2. The molecule has 0 saturated heterocycles. The van der Waals surface area contributed by atoms with Crippen LogP contribution >= 0.6 is 0 Å². The maximum Gasteiger partial charge on any atom is 0.136 e. The Morgan fingerprint density at radius 1 is 0.373 bits per heavy atom. The van der Waals surface area contributed by atoms with Crippen LogP contribution in [-0.2, 0) is 0 Å². The van der Waals surface area contributed by atoms with Crippen LogP contribution in [0.4, 0.5) is 17.1 Å².